The molecule has 3 nitrogen and oxygen atoms in total. The molecule has 0 fully saturated rings. The zero-order valence-corrected chi connectivity index (χ0v) is 17.4. The third kappa shape index (κ3) is 3.09. The van der Waals surface area contributed by atoms with Gasteiger partial charge in [-0.15, -0.1) is 11.3 Å². The van der Waals surface area contributed by atoms with Gasteiger partial charge in [-0.3, -0.25) is 0 Å². The number of oxazole rings is 1. The molecule has 0 saturated carbocycles. The zero-order chi connectivity index (χ0) is 20.8. The number of anilines is 2. The summed E-state index contributed by atoms with van der Waals surface area (Å²) in [6.45, 7) is 3.81. The van der Waals surface area contributed by atoms with E-state index in [1.807, 2.05) is 30.3 Å². The number of nitrogens with one attached hydrogen (secondary N) is 1. The number of thiophene rings is 1. The van der Waals surface area contributed by atoms with E-state index >= 15 is 0 Å². The first kappa shape index (κ1) is 17.9. The van der Waals surface area contributed by atoms with Gasteiger partial charge in [0.15, 0.2) is 5.58 Å². The molecule has 0 saturated heterocycles. The Morgan fingerprint density at radius 1 is 0.839 bits per heavy atom. The lowest BCUT2D eigenvalue weighted by molar-refractivity contribution is 0.621. The molecule has 148 valence electrons. The van der Waals surface area contributed by atoms with Crippen LogP contribution in [-0.4, -0.2) is 4.98 Å². The van der Waals surface area contributed by atoms with Crippen LogP contribution in [0.15, 0.2) is 95.9 Å². The maximum atomic E-state index is 6.06. The van der Waals surface area contributed by atoms with Gasteiger partial charge in [0.05, 0.1) is 5.56 Å². The molecule has 6 aromatic rings. The average molecular weight is 419 g/mol. The highest BCUT2D eigenvalue weighted by atomic mass is 32.1. The highest BCUT2D eigenvalue weighted by Crippen LogP contribution is 2.41. The van der Waals surface area contributed by atoms with Crippen molar-refractivity contribution in [2.24, 2.45) is 0 Å². The van der Waals surface area contributed by atoms with E-state index in [1.54, 1.807) is 11.3 Å². The van der Waals surface area contributed by atoms with E-state index in [2.05, 4.69) is 72.6 Å². The molecule has 0 aliphatic rings. The summed E-state index contributed by atoms with van der Waals surface area (Å²) in [6, 6.07) is 29.0. The van der Waals surface area contributed by atoms with Crippen LogP contribution in [0.5, 0.6) is 0 Å². The van der Waals surface area contributed by atoms with Crippen molar-refractivity contribution in [3.63, 3.8) is 0 Å². The van der Waals surface area contributed by atoms with Gasteiger partial charge in [0.25, 0.3) is 0 Å². The lowest BCUT2D eigenvalue weighted by atomic mass is 10.1. The Morgan fingerprint density at radius 2 is 1.68 bits per heavy atom. The lowest BCUT2D eigenvalue weighted by Gasteiger charge is -2.07. The van der Waals surface area contributed by atoms with E-state index < -0.39 is 0 Å². The Bertz CT molecular complexity index is 1540. The van der Waals surface area contributed by atoms with Crippen molar-refractivity contribution in [2.45, 2.75) is 0 Å². The van der Waals surface area contributed by atoms with Crippen molar-refractivity contribution in [1.82, 2.24) is 4.98 Å². The predicted octanol–water partition coefficient (Wildman–Crippen LogP) is 8.25. The molecule has 0 bridgehead atoms. The molecule has 0 amide bonds. The number of hydrogen-bond acceptors (Lipinski definition) is 4. The molecule has 4 heteroatoms. The minimum Gasteiger partial charge on any atom is -0.436 e. The van der Waals surface area contributed by atoms with E-state index in [0.29, 0.717) is 5.89 Å². The third-order valence-electron chi connectivity index (χ3n) is 5.46. The number of rotatable bonds is 4. The summed E-state index contributed by atoms with van der Waals surface area (Å²) in [5, 5.41) is 5.95. The van der Waals surface area contributed by atoms with Gasteiger partial charge in [0, 0.05) is 31.5 Å². The zero-order valence-electron chi connectivity index (χ0n) is 16.6. The molecular formula is C27H18N2OS. The molecule has 0 aliphatic carbocycles. The third-order valence-corrected chi connectivity index (χ3v) is 6.68. The molecule has 2 aromatic heterocycles. The number of benzene rings is 4. The first-order valence-electron chi connectivity index (χ1n) is 10.1. The minimum absolute atomic E-state index is 0.666. The largest absolute Gasteiger partial charge is 0.436 e. The molecule has 0 aliphatic heterocycles. The second-order valence-electron chi connectivity index (χ2n) is 7.43. The van der Waals surface area contributed by atoms with Crippen LogP contribution in [0.4, 0.5) is 11.4 Å². The van der Waals surface area contributed by atoms with Crippen molar-refractivity contribution in [3.8, 4) is 11.5 Å². The normalized spacial score (nSPS) is 11.4. The van der Waals surface area contributed by atoms with Crippen LogP contribution >= 0.6 is 11.3 Å². The number of aromatic nitrogens is 1. The summed E-state index contributed by atoms with van der Waals surface area (Å²) in [4.78, 5) is 4.71. The molecule has 0 radical (unpaired) electrons. The van der Waals surface area contributed by atoms with Gasteiger partial charge in [-0.05, 0) is 54.1 Å². The van der Waals surface area contributed by atoms with Crippen molar-refractivity contribution in [2.75, 3.05) is 5.32 Å². The van der Waals surface area contributed by atoms with E-state index in [4.69, 9.17) is 9.40 Å². The van der Waals surface area contributed by atoms with Crippen molar-refractivity contribution < 1.29 is 4.42 Å². The van der Waals surface area contributed by atoms with Crippen LogP contribution in [0.2, 0.25) is 0 Å². The van der Waals surface area contributed by atoms with Gasteiger partial charge >= 0.3 is 0 Å². The van der Waals surface area contributed by atoms with E-state index in [1.165, 1.54) is 20.2 Å². The highest BCUT2D eigenvalue weighted by Gasteiger charge is 2.15. The first-order chi connectivity index (χ1) is 15.3. The number of para-hydroxylation sites is 2. The van der Waals surface area contributed by atoms with Crippen molar-refractivity contribution in [3.05, 3.63) is 97.1 Å². The van der Waals surface area contributed by atoms with E-state index in [9.17, 15) is 0 Å². The van der Waals surface area contributed by atoms with Gasteiger partial charge in [0.2, 0.25) is 5.89 Å². The number of nitrogens with zero attached hydrogens (tertiary/aromatic N) is 1. The highest BCUT2D eigenvalue weighted by molar-refractivity contribution is 7.26. The Labute approximate surface area is 183 Å². The Hall–Kier alpha value is -3.89. The predicted molar refractivity (Wildman–Crippen MR) is 132 cm³/mol. The summed E-state index contributed by atoms with van der Waals surface area (Å²) in [6.07, 6.45) is 1.85. The molecule has 0 spiro atoms. The summed E-state index contributed by atoms with van der Waals surface area (Å²) >= 11 is 1.77. The fraction of sp³-hybridized carbons (Fsp3) is 0. The van der Waals surface area contributed by atoms with Crippen LogP contribution in [0.1, 0.15) is 5.56 Å². The first-order valence-corrected chi connectivity index (χ1v) is 10.9. The fourth-order valence-electron chi connectivity index (χ4n) is 3.90. The number of hydrogen-bond donors (Lipinski definition) is 1. The molecule has 31 heavy (non-hydrogen) atoms. The standard InChI is InChI=1S/C27H18N2OS/c1-2-17-10-12-18(13-11-17)28-19-14-15-25-22(16-19)20-6-5-7-21(26(20)31-25)27-29-23-8-3-4-9-24(23)30-27/h2-16,28H,1H2. The van der Waals surface area contributed by atoms with Gasteiger partial charge in [-0.2, -0.15) is 0 Å². The second kappa shape index (κ2) is 7.11. The molecule has 0 atom stereocenters. The SMILES string of the molecule is C=Cc1ccc(Nc2ccc3sc4c(-c5nc6ccccc6o5)cccc4c3c2)cc1. The van der Waals surface area contributed by atoms with E-state index in [-0.39, 0.29) is 0 Å². The maximum Gasteiger partial charge on any atom is 0.228 e. The van der Waals surface area contributed by atoms with Crippen LogP contribution in [0.25, 0.3) is 48.8 Å². The molecule has 2 heterocycles. The van der Waals surface area contributed by atoms with Crippen LogP contribution in [0, 0.1) is 0 Å². The van der Waals surface area contributed by atoms with Crippen molar-refractivity contribution >= 4 is 60.1 Å². The topological polar surface area (TPSA) is 38.1 Å². The average Bonchev–Trinajstić information content (AvgIpc) is 3.41. The summed E-state index contributed by atoms with van der Waals surface area (Å²) in [5.41, 5.74) is 5.94. The molecule has 1 N–H and O–H groups in total. The van der Waals surface area contributed by atoms with Gasteiger partial charge in [-0.25, -0.2) is 4.98 Å². The van der Waals surface area contributed by atoms with Crippen molar-refractivity contribution in [1.29, 1.82) is 0 Å². The Morgan fingerprint density at radius 3 is 2.52 bits per heavy atom. The smallest absolute Gasteiger partial charge is 0.228 e. The Kier molecular flexibility index (Phi) is 4.11. The van der Waals surface area contributed by atoms with Gasteiger partial charge in [-0.1, -0.05) is 49.1 Å². The quantitative estimate of drug-likeness (QED) is 0.313. The fourth-order valence-corrected chi connectivity index (χ4v) is 5.09. The minimum atomic E-state index is 0.666. The van der Waals surface area contributed by atoms with Crippen LogP contribution in [-0.2, 0) is 0 Å². The molecule has 0 unspecified atom stereocenters. The second-order valence-corrected chi connectivity index (χ2v) is 8.49. The summed E-state index contributed by atoms with van der Waals surface area (Å²) < 4.78 is 8.49. The van der Waals surface area contributed by atoms with Gasteiger partial charge in [0.1, 0.15) is 5.52 Å². The number of fused-ring (bicyclic) bond motifs is 4. The van der Waals surface area contributed by atoms with E-state index in [0.717, 1.165) is 33.6 Å². The maximum absolute atomic E-state index is 6.06. The van der Waals surface area contributed by atoms with Gasteiger partial charge < -0.3 is 9.73 Å². The molecular weight excluding hydrogens is 400 g/mol. The molecule has 6 rings (SSSR count). The van der Waals surface area contributed by atoms with Crippen LogP contribution in [0.3, 0.4) is 0 Å². The molecule has 4 aromatic carbocycles. The monoisotopic (exact) mass is 418 g/mol. The lowest BCUT2D eigenvalue weighted by Crippen LogP contribution is -1.89. The summed E-state index contributed by atoms with van der Waals surface area (Å²) in [7, 11) is 0. The summed E-state index contributed by atoms with van der Waals surface area (Å²) in [5.74, 6) is 0.666. The van der Waals surface area contributed by atoms with Crippen LogP contribution < -0.4 is 5.32 Å². The Balaban J connectivity index is 1.45.